The van der Waals surface area contributed by atoms with Crippen LogP contribution < -0.4 is 4.18 Å². The molecule has 0 aliphatic heterocycles. The third kappa shape index (κ3) is 2.79. The summed E-state index contributed by atoms with van der Waals surface area (Å²) in [4.78, 5) is 11.4. The second-order valence-corrected chi connectivity index (χ2v) is 5.32. The van der Waals surface area contributed by atoms with Gasteiger partial charge in [0.1, 0.15) is 23.2 Å². The van der Waals surface area contributed by atoms with Gasteiger partial charge in [0.15, 0.2) is 0 Å². The average molecular weight is 324 g/mol. The van der Waals surface area contributed by atoms with Gasteiger partial charge >= 0.3 is 21.6 Å². The number of fused-ring (bicyclic) bond motifs is 1. The van der Waals surface area contributed by atoms with Gasteiger partial charge in [-0.25, -0.2) is 4.79 Å². The van der Waals surface area contributed by atoms with Crippen LogP contribution in [0.15, 0.2) is 28.9 Å². The van der Waals surface area contributed by atoms with Crippen molar-refractivity contribution in [1.82, 2.24) is 0 Å². The molecule has 0 bridgehead atoms. The van der Waals surface area contributed by atoms with E-state index in [0.29, 0.717) is 0 Å². The maximum atomic E-state index is 12.2. The molecule has 1 aromatic heterocycles. The first-order valence-electron chi connectivity index (χ1n) is 5.26. The van der Waals surface area contributed by atoms with Crippen LogP contribution in [-0.4, -0.2) is 27.0 Å². The Bertz CT molecular complexity index is 790. The van der Waals surface area contributed by atoms with Crippen molar-refractivity contribution >= 4 is 27.1 Å². The Morgan fingerprint density at radius 1 is 1.29 bits per heavy atom. The number of hydrogen-bond acceptors (Lipinski definition) is 6. The molecule has 0 atom stereocenters. The molecular formula is C11H7F3O6S. The molecule has 1 heterocycles. The third-order valence-corrected chi connectivity index (χ3v) is 3.42. The van der Waals surface area contributed by atoms with E-state index in [2.05, 4.69) is 8.92 Å². The lowest BCUT2D eigenvalue weighted by atomic mass is 10.2. The average Bonchev–Trinajstić information content (AvgIpc) is 2.79. The summed E-state index contributed by atoms with van der Waals surface area (Å²) in [7, 11) is -4.62. The van der Waals surface area contributed by atoms with Crippen molar-refractivity contribution in [3.63, 3.8) is 0 Å². The highest BCUT2D eigenvalue weighted by Crippen LogP contribution is 2.30. The molecule has 114 valence electrons. The van der Waals surface area contributed by atoms with E-state index in [1.807, 2.05) is 0 Å². The number of ether oxygens (including phenoxy) is 1. The van der Waals surface area contributed by atoms with Crippen LogP contribution in [0.4, 0.5) is 13.2 Å². The number of alkyl halides is 3. The fourth-order valence-electron chi connectivity index (χ4n) is 1.50. The lowest BCUT2D eigenvalue weighted by molar-refractivity contribution is -0.0500. The fraction of sp³-hybridized carbons (Fsp3) is 0.182. The lowest BCUT2D eigenvalue weighted by Gasteiger charge is -2.09. The molecular weight excluding hydrogens is 317 g/mol. The van der Waals surface area contributed by atoms with E-state index in [-0.39, 0.29) is 16.5 Å². The Balaban J connectivity index is 2.40. The number of furan rings is 1. The zero-order valence-electron chi connectivity index (χ0n) is 10.3. The highest BCUT2D eigenvalue weighted by atomic mass is 32.2. The first kappa shape index (κ1) is 15.2. The van der Waals surface area contributed by atoms with Gasteiger partial charge in [0.05, 0.1) is 7.11 Å². The molecule has 0 amide bonds. The standard InChI is InChI=1S/C11H7F3O6S/c1-18-10(15)8-5-19-9-4-6(2-3-7(8)9)20-21(16,17)11(12,13)14/h2-5H,1H3. The molecule has 10 heteroatoms. The normalized spacial score (nSPS) is 12.4. The highest BCUT2D eigenvalue weighted by Gasteiger charge is 2.48. The van der Waals surface area contributed by atoms with Crippen molar-refractivity contribution in [2.24, 2.45) is 0 Å². The van der Waals surface area contributed by atoms with Crippen molar-refractivity contribution in [2.45, 2.75) is 5.51 Å². The molecule has 2 rings (SSSR count). The van der Waals surface area contributed by atoms with Crippen molar-refractivity contribution < 1.29 is 39.7 Å². The molecule has 0 aliphatic carbocycles. The topological polar surface area (TPSA) is 82.8 Å². The maximum Gasteiger partial charge on any atom is 0.534 e. The third-order valence-electron chi connectivity index (χ3n) is 2.44. The summed E-state index contributed by atoms with van der Waals surface area (Å²) in [5.74, 6) is -1.30. The minimum absolute atomic E-state index is 0.0229. The first-order valence-corrected chi connectivity index (χ1v) is 6.67. The van der Waals surface area contributed by atoms with E-state index >= 15 is 0 Å². The van der Waals surface area contributed by atoms with E-state index in [1.165, 1.54) is 6.07 Å². The highest BCUT2D eigenvalue weighted by molar-refractivity contribution is 7.88. The zero-order valence-corrected chi connectivity index (χ0v) is 11.1. The van der Waals surface area contributed by atoms with Gasteiger partial charge < -0.3 is 13.3 Å². The van der Waals surface area contributed by atoms with E-state index in [4.69, 9.17) is 4.42 Å². The zero-order chi connectivity index (χ0) is 15.8. The minimum Gasteiger partial charge on any atom is -0.465 e. The summed E-state index contributed by atoms with van der Waals surface area (Å²) in [6.45, 7) is 0. The molecule has 0 unspecified atom stereocenters. The van der Waals surface area contributed by atoms with Gasteiger partial charge in [-0.2, -0.15) is 21.6 Å². The second kappa shape index (κ2) is 4.95. The van der Waals surface area contributed by atoms with E-state index in [9.17, 15) is 26.4 Å². The molecule has 0 saturated heterocycles. The fourth-order valence-corrected chi connectivity index (χ4v) is 1.95. The summed E-state index contributed by atoms with van der Waals surface area (Å²) < 4.78 is 71.7. The number of benzene rings is 1. The lowest BCUT2D eigenvalue weighted by Crippen LogP contribution is -2.28. The van der Waals surface area contributed by atoms with Gasteiger partial charge in [-0.15, -0.1) is 0 Å². The Kier molecular flexibility index (Phi) is 3.58. The Hall–Kier alpha value is -2.23. The largest absolute Gasteiger partial charge is 0.534 e. The molecule has 21 heavy (non-hydrogen) atoms. The molecule has 1 aromatic carbocycles. The summed E-state index contributed by atoms with van der Waals surface area (Å²) in [6, 6.07) is 3.07. The molecule has 0 N–H and O–H groups in total. The van der Waals surface area contributed by atoms with Crippen molar-refractivity contribution in [2.75, 3.05) is 7.11 Å². The van der Waals surface area contributed by atoms with Gasteiger partial charge in [-0.1, -0.05) is 0 Å². The number of methoxy groups -OCH3 is 1. The summed E-state index contributed by atoms with van der Waals surface area (Å²) in [5.41, 5.74) is -5.51. The Morgan fingerprint density at radius 3 is 2.52 bits per heavy atom. The molecule has 0 saturated carbocycles. The summed E-state index contributed by atoms with van der Waals surface area (Å²) in [6.07, 6.45) is 1.04. The van der Waals surface area contributed by atoms with E-state index in [0.717, 1.165) is 25.5 Å². The predicted octanol–water partition coefficient (Wildman–Crippen LogP) is 2.45. The van der Waals surface area contributed by atoms with Crippen LogP contribution in [0.2, 0.25) is 0 Å². The molecule has 0 radical (unpaired) electrons. The van der Waals surface area contributed by atoms with Crippen LogP contribution in [0.25, 0.3) is 11.0 Å². The van der Waals surface area contributed by atoms with Crippen LogP contribution >= 0.6 is 0 Å². The second-order valence-electron chi connectivity index (χ2n) is 3.78. The number of esters is 1. The molecule has 0 spiro atoms. The van der Waals surface area contributed by atoms with Gasteiger partial charge in [0.25, 0.3) is 0 Å². The monoisotopic (exact) mass is 324 g/mol. The smallest absolute Gasteiger partial charge is 0.465 e. The molecule has 2 aromatic rings. The van der Waals surface area contributed by atoms with Crippen LogP contribution in [0.3, 0.4) is 0 Å². The first-order chi connectivity index (χ1) is 9.65. The molecule has 0 fully saturated rings. The van der Waals surface area contributed by atoms with Gasteiger partial charge in [0, 0.05) is 11.5 Å². The quantitative estimate of drug-likeness (QED) is 0.490. The van der Waals surface area contributed by atoms with Crippen LogP contribution in [0.1, 0.15) is 10.4 Å². The van der Waals surface area contributed by atoms with Gasteiger partial charge in [-0.05, 0) is 12.1 Å². The Morgan fingerprint density at radius 2 is 1.95 bits per heavy atom. The van der Waals surface area contributed by atoms with Crippen LogP contribution in [0.5, 0.6) is 5.75 Å². The number of carbonyl (C=O) groups excluding carboxylic acids is 1. The summed E-state index contributed by atoms with van der Waals surface area (Å²) >= 11 is 0. The minimum atomic E-state index is -5.77. The van der Waals surface area contributed by atoms with E-state index in [1.54, 1.807) is 0 Å². The summed E-state index contributed by atoms with van der Waals surface area (Å²) in [5, 5.41) is 0.249. The number of rotatable bonds is 3. The maximum absolute atomic E-state index is 12.2. The van der Waals surface area contributed by atoms with Crippen molar-refractivity contribution in [3.8, 4) is 5.75 Å². The number of carbonyl (C=O) groups is 1. The molecule has 0 aliphatic rings. The van der Waals surface area contributed by atoms with E-state index < -0.39 is 27.3 Å². The van der Waals surface area contributed by atoms with Crippen LogP contribution in [-0.2, 0) is 14.9 Å². The Labute approximate surface area is 116 Å². The van der Waals surface area contributed by atoms with Gasteiger partial charge in [0.2, 0.25) is 0 Å². The van der Waals surface area contributed by atoms with Crippen molar-refractivity contribution in [1.29, 1.82) is 0 Å². The SMILES string of the molecule is COC(=O)c1coc2cc(OS(=O)(=O)C(F)(F)F)ccc12. The number of hydrogen-bond donors (Lipinski definition) is 0. The predicted molar refractivity (Wildman–Crippen MR) is 63.2 cm³/mol. The van der Waals surface area contributed by atoms with Crippen LogP contribution in [0, 0.1) is 0 Å². The van der Waals surface area contributed by atoms with Gasteiger partial charge in [-0.3, -0.25) is 0 Å². The molecule has 6 nitrogen and oxygen atoms in total. The number of halogens is 3. The van der Waals surface area contributed by atoms with Crippen molar-refractivity contribution in [3.05, 3.63) is 30.0 Å².